The Labute approximate surface area is 108 Å². The summed E-state index contributed by atoms with van der Waals surface area (Å²) in [5.41, 5.74) is 5.92. The molecule has 0 bridgehead atoms. The van der Waals surface area contributed by atoms with E-state index in [1.54, 1.807) is 12.4 Å². The van der Waals surface area contributed by atoms with Gasteiger partial charge < -0.3 is 15.5 Å². The summed E-state index contributed by atoms with van der Waals surface area (Å²) in [7, 11) is 2.25. The first-order valence-corrected chi connectivity index (χ1v) is 6.77. The number of nitrogen functional groups attached to an aromatic ring is 1. The molecule has 0 aromatic carbocycles. The zero-order valence-corrected chi connectivity index (χ0v) is 10.9. The van der Waals surface area contributed by atoms with Gasteiger partial charge >= 0.3 is 0 Å². The van der Waals surface area contributed by atoms with Crippen molar-refractivity contribution in [3.63, 3.8) is 0 Å². The van der Waals surface area contributed by atoms with Gasteiger partial charge in [0.25, 0.3) is 0 Å². The summed E-state index contributed by atoms with van der Waals surface area (Å²) < 4.78 is 0. The van der Waals surface area contributed by atoms with E-state index in [1.165, 1.54) is 25.8 Å². The molecule has 2 atom stereocenters. The molecule has 0 radical (unpaired) electrons. The number of piperidine rings is 2. The van der Waals surface area contributed by atoms with Crippen molar-refractivity contribution in [2.75, 3.05) is 37.3 Å². The quantitative estimate of drug-likeness (QED) is 0.801. The van der Waals surface area contributed by atoms with Gasteiger partial charge in [-0.05, 0) is 38.8 Å². The lowest BCUT2D eigenvalue weighted by atomic mass is 9.84. The Kier molecular flexibility index (Phi) is 3.07. The molecule has 2 unspecified atom stereocenters. The Bertz CT molecular complexity index is 422. The maximum absolute atomic E-state index is 5.92. The number of aromatic nitrogens is 2. The first-order valence-electron chi connectivity index (χ1n) is 6.77. The number of likely N-dealkylation sites (tertiary alicyclic amines) is 1. The van der Waals surface area contributed by atoms with Crippen molar-refractivity contribution in [2.24, 2.45) is 5.92 Å². The van der Waals surface area contributed by atoms with Gasteiger partial charge in [-0.15, -0.1) is 0 Å². The predicted molar refractivity (Wildman–Crippen MR) is 72.4 cm³/mol. The molecule has 0 spiro atoms. The Morgan fingerprint density at radius 1 is 1.22 bits per heavy atom. The minimum Gasteiger partial charge on any atom is -0.381 e. The van der Waals surface area contributed by atoms with Crippen LogP contribution in [0.4, 0.5) is 11.6 Å². The molecule has 1 aromatic rings. The van der Waals surface area contributed by atoms with Crippen LogP contribution in [-0.4, -0.2) is 47.6 Å². The van der Waals surface area contributed by atoms with Crippen molar-refractivity contribution in [2.45, 2.75) is 25.3 Å². The van der Waals surface area contributed by atoms with Gasteiger partial charge in [-0.2, -0.15) is 0 Å². The van der Waals surface area contributed by atoms with E-state index in [0.717, 1.165) is 30.9 Å². The molecule has 0 amide bonds. The van der Waals surface area contributed by atoms with Crippen LogP contribution in [0.25, 0.3) is 0 Å². The highest BCUT2D eigenvalue weighted by Gasteiger charge is 2.35. The van der Waals surface area contributed by atoms with Gasteiger partial charge in [0.15, 0.2) is 11.6 Å². The lowest BCUT2D eigenvalue weighted by molar-refractivity contribution is 0.102. The second-order valence-electron chi connectivity index (χ2n) is 5.45. The summed E-state index contributed by atoms with van der Waals surface area (Å²) in [6, 6.07) is 0.743. The highest BCUT2D eigenvalue weighted by molar-refractivity contribution is 5.57. The van der Waals surface area contributed by atoms with Crippen molar-refractivity contribution in [3.8, 4) is 0 Å². The zero-order chi connectivity index (χ0) is 12.5. The molecule has 5 heteroatoms. The molecule has 18 heavy (non-hydrogen) atoms. The monoisotopic (exact) mass is 247 g/mol. The molecule has 1 aromatic heterocycles. The summed E-state index contributed by atoms with van der Waals surface area (Å²) >= 11 is 0. The van der Waals surface area contributed by atoms with Crippen molar-refractivity contribution in [3.05, 3.63) is 12.4 Å². The topological polar surface area (TPSA) is 58.3 Å². The van der Waals surface area contributed by atoms with Gasteiger partial charge in [0.1, 0.15) is 0 Å². The van der Waals surface area contributed by atoms with Crippen molar-refractivity contribution >= 4 is 11.6 Å². The molecule has 2 fully saturated rings. The van der Waals surface area contributed by atoms with E-state index in [0.29, 0.717) is 5.82 Å². The second-order valence-corrected chi connectivity index (χ2v) is 5.45. The van der Waals surface area contributed by atoms with E-state index >= 15 is 0 Å². The number of rotatable bonds is 1. The molecular weight excluding hydrogens is 226 g/mol. The second kappa shape index (κ2) is 4.72. The third-order valence-electron chi connectivity index (χ3n) is 4.35. The van der Waals surface area contributed by atoms with Crippen LogP contribution in [-0.2, 0) is 0 Å². The number of fused-ring (bicyclic) bond motifs is 1. The third-order valence-corrected chi connectivity index (χ3v) is 4.35. The number of hydrogen-bond acceptors (Lipinski definition) is 5. The van der Waals surface area contributed by atoms with Crippen LogP contribution >= 0.6 is 0 Å². The third kappa shape index (κ3) is 2.03. The molecule has 3 rings (SSSR count). The van der Waals surface area contributed by atoms with Gasteiger partial charge in [-0.1, -0.05) is 0 Å². The minimum absolute atomic E-state index is 0.556. The summed E-state index contributed by atoms with van der Waals surface area (Å²) in [4.78, 5) is 13.3. The summed E-state index contributed by atoms with van der Waals surface area (Å²) in [5, 5.41) is 0. The van der Waals surface area contributed by atoms with Crippen LogP contribution in [0.15, 0.2) is 12.4 Å². The zero-order valence-electron chi connectivity index (χ0n) is 10.9. The van der Waals surface area contributed by atoms with Crippen LogP contribution < -0.4 is 10.6 Å². The molecule has 2 aliphatic heterocycles. The molecule has 5 nitrogen and oxygen atoms in total. The highest BCUT2D eigenvalue weighted by atomic mass is 15.2. The molecule has 3 heterocycles. The van der Waals surface area contributed by atoms with Crippen molar-refractivity contribution in [1.29, 1.82) is 0 Å². The standard InChI is InChI=1S/C13H21N5/c1-17-7-2-3-10-9-18(8-4-11(10)17)13-12(14)15-5-6-16-13/h5-6,10-11H,2-4,7-9H2,1H3,(H2,14,15). The lowest BCUT2D eigenvalue weighted by Gasteiger charge is -2.46. The maximum Gasteiger partial charge on any atom is 0.171 e. The van der Waals surface area contributed by atoms with Crippen molar-refractivity contribution in [1.82, 2.24) is 14.9 Å². The van der Waals surface area contributed by atoms with Crippen LogP contribution in [0.1, 0.15) is 19.3 Å². The number of hydrogen-bond donors (Lipinski definition) is 1. The van der Waals surface area contributed by atoms with Gasteiger partial charge in [-0.3, -0.25) is 0 Å². The van der Waals surface area contributed by atoms with Gasteiger partial charge in [-0.25, -0.2) is 9.97 Å². The average Bonchev–Trinajstić information content (AvgIpc) is 2.39. The maximum atomic E-state index is 5.92. The molecular formula is C13H21N5. The van der Waals surface area contributed by atoms with E-state index in [9.17, 15) is 0 Å². The Morgan fingerprint density at radius 3 is 2.89 bits per heavy atom. The molecule has 2 N–H and O–H groups in total. The van der Waals surface area contributed by atoms with E-state index in [4.69, 9.17) is 5.73 Å². The minimum atomic E-state index is 0.556. The fourth-order valence-electron chi connectivity index (χ4n) is 3.43. The molecule has 2 aliphatic rings. The SMILES string of the molecule is CN1CCCC2CN(c3nccnc3N)CCC21. The lowest BCUT2D eigenvalue weighted by Crippen LogP contribution is -2.53. The Morgan fingerprint density at radius 2 is 2.06 bits per heavy atom. The molecule has 2 saturated heterocycles. The smallest absolute Gasteiger partial charge is 0.171 e. The van der Waals surface area contributed by atoms with E-state index in [1.807, 2.05) is 0 Å². The van der Waals surface area contributed by atoms with Gasteiger partial charge in [0, 0.05) is 31.5 Å². The van der Waals surface area contributed by atoms with E-state index in [-0.39, 0.29) is 0 Å². The summed E-state index contributed by atoms with van der Waals surface area (Å²) in [6.07, 6.45) is 7.22. The molecule has 0 aliphatic carbocycles. The first-order chi connectivity index (χ1) is 8.75. The van der Waals surface area contributed by atoms with E-state index < -0.39 is 0 Å². The van der Waals surface area contributed by atoms with Crippen LogP contribution in [0.2, 0.25) is 0 Å². The fraction of sp³-hybridized carbons (Fsp3) is 0.692. The van der Waals surface area contributed by atoms with Gasteiger partial charge in [0.2, 0.25) is 0 Å². The highest BCUT2D eigenvalue weighted by Crippen LogP contribution is 2.32. The fourth-order valence-corrected chi connectivity index (χ4v) is 3.43. The Hall–Kier alpha value is -1.36. The van der Waals surface area contributed by atoms with Crippen molar-refractivity contribution < 1.29 is 0 Å². The molecule has 98 valence electrons. The first kappa shape index (κ1) is 11.7. The normalized spacial score (nSPS) is 29.1. The van der Waals surface area contributed by atoms with Gasteiger partial charge in [0.05, 0.1) is 0 Å². The number of anilines is 2. The van der Waals surface area contributed by atoms with Crippen LogP contribution in [0.3, 0.4) is 0 Å². The van der Waals surface area contributed by atoms with Crippen LogP contribution in [0, 0.1) is 5.92 Å². The number of nitrogens with two attached hydrogens (primary N) is 1. The van der Waals surface area contributed by atoms with Crippen LogP contribution in [0.5, 0.6) is 0 Å². The molecule has 0 saturated carbocycles. The summed E-state index contributed by atoms with van der Waals surface area (Å²) in [6.45, 7) is 3.35. The number of nitrogens with zero attached hydrogens (tertiary/aromatic N) is 4. The Balaban J connectivity index is 1.76. The largest absolute Gasteiger partial charge is 0.381 e. The van der Waals surface area contributed by atoms with E-state index in [2.05, 4.69) is 26.8 Å². The summed E-state index contributed by atoms with van der Waals surface area (Å²) in [5.74, 6) is 2.17. The predicted octanol–water partition coefficient (Wildman–Crippen LogP) is 0.979. The average molecular weight is 247 g/mol.